The Bertz CT molecular complexity index is 242. The monoisotopic (exact) mass is 243 g/mol. The summed E-state index contributed by atoms with van der Waals surface area (Å²) >= 11 is 0. The third kappa shape index (κ3) is 8.68. The molecule has 0 radical (unpaired) electrons. The first-order valence-corrected chi connectivity index (χ1v) is 6.12. The zero-order valence-electron chi connectivity index (χ0n) is 11.4. The molecule has 0 fully saturated rings. The summed E-state index contributed by atoms with van der Waals surface area (Å²) in [5.41, 5.74) is 0. The van der Waals surface area contributed by atoms with Gasteiger partial charge >= 0.3 is 0 Å². The second kappa shape index (κ2) is 8.98. The number of hydrogen-bond donors (Lipinski definition) is 2. The molecule has 0 rings (SSSR count). The van der Waals surface area contributed by atoms with Gasteiger partial charge in [-0.2, -0.15) is 0 Å². The molecule has 5 heteroatoms. The highest BCUT2D eigenvalue weighted by molar-refractivity contribution is 5.84. The van der Waals surface area contributed by atoms with Crippen LogP contribution in [0.3, 0.4) is 0 Å². The molecule has 17 heavy (non-hydrogen) atoms. The van der Waals surface area contributed by atoms with Crippen molar-refractivity contribution in [2.24, 2.45) is 5.92 Å². The number of rotatable bonds is 8. The molecule has 100 valence electrons. The van der Waals surface area contributed by atoms with Crippen molar-refractivity contribution >= 4 is 11.8 Å². The van der Waals surface area contributed by atoms with Gasteiger partial charge in [0, 0.05) is 26.6 Å². The highest BCUT2D eigenvalue weighted by atomic mass is 16.2. The molecule has 0 aromatic heterocycles. The maximum absolute atomic E-state index is 11.6. The van der Waals surface area contributed by atoms with Crippen LogP contribution in [0.5, 0.6) is 0 Å². The lowest BCUT2D eigenvalue weighted by Gasteiger charge is -2.17. The molecule has 5 nitrogen and oxygen atoms in total. The number of nitrogens with zero attached hydrogens (tertiary/aromatic N) is 1. The lowest BCUT2D eigenvalue weighted by Crippen LogP contribution is -2.40. The van der Waals surface area contributed by atoms with Crippen molar-refractivity contribution in [3.63, 3.8) is 0 Å². The summed E-state index contributed by atoms with van der Waals surface area (Å²) in [5, 5.41) is 5.61. The molecule has 0 aliphatic heterocycles. The third-order valence-corrected chi connectivity index (χ3v) is 2.51. The van der Waals surface area contributed by atoms with E-state index in [1.54, 1.807) is 11.9 Å². The Morgan fingerprint density at radius 3 is 2.47 bits per heavy atom. The van der Waals surface area contributed by atoms with Crippen molar-refractivity contribution < 1.29 is 9.59 Å². The topological polar surface area (TPSA) is 61.4 Å². The number of carbonyl (C=O) groups is 2. The van der Waals surface area contributed by atoms with Gasteiger partial charge in [-0.15, -0.1) is 0 Å². The molecule has 0 saturated heterocycles. The van der Waals surface area contributed by atoms with Crippen LogP contribution >= 0.6 is 0 Å². The van der Waals surface area contributed by atoms with Gasteiger partial charge in [-0.25, -0.2) is 0 Å². The summed E-state index contributed by atoms with van der Waals surface area (Å²) in [7, 11) is 3.58. The summed E-state index contributed by atoms with van der Waals surface area (Å²) in [6.45, 7) is 5.64. The van der Waals surface area contributed by atoms with Gasteiger partial charge in [0.25, 0.3) is 0 Å². The fourth-order valence-corrected chi connectivity index (χ4v) is 1.22. The van der Waals surface area contributed by atoms with Crippen molar-refractivity contribution in [2.75, 3.05) is 33.7 Å². The molecule has 2 N–H and O–H groups in total. The number of nitrogens with one attached hydrogen (secondary N) is 2. The van der Waals surface area contributed by atoms with Gasteiger partial charge in [-0.1, -0.05) is 13.8 Å². The molecule has 0 heterocycles. The predicted octanol–water partition coefficient (Wildman–Crippen LogP) is 0.217. The molecule has 0 aromatic rings. The van der Waals surface area contributed by atoms with E-state index in [4.69, 9.17) is 0 Å². The van der Waals surface area contributed by atoms with Crippen LogP contribution in [0.15, 0.2) is 0 Å². The minimum absolute atomic E-state index is 0.0472. The molecule has 0 saturated carbocycles. The summed E-state index contributed by atoms with van der Waals surface area (Å²) in [6, 6.07) is 0. The predicted molar refractivity (Wildman–Crippen MR) is 68.6 cm³/mol. The zero-order chi connectivity index (χ0) is 13.3. The van der Waals surface area contributed by atoms with E-state index in [1.807, 2.05) is 7.05 Å². The summed E-state index contributed by atoms with van der Waals surface area (Å²) in [5.74, 6) is 0.405. The molecule has 0 unspecified atom stereocenters. The van der Waals surface area contributed by atoms with E-state index >= 15 is 0 Å². The average molecular weight is 243 g/mol. The van der Waals surface area contributed by atoms with E-state index in [-0.39, 0.29) is 18.4 Å². The quantitative estimate of drug-likeness (QED) is 0.641. The zero-order valence-corrected chi connectivity index (χ0v) is 11.4. The van der Waals surface area contributed by atoms with Gasteiger partial charge in [0.2, 0.25) is 11.8 Å². The number of likely N-dealkylation sites (N-methyl/N-ethyl adjacent to an activating group) is 2. The van der Waals surface area contributed by atoms with Gasteiger partial charge in [-0.3, -0.25) is 9.59 Å². The van der Waals surface area contributed by atoms with E-state index < -0.39 is 0 Å². The Balaban J connectivity index is 3.71. The van der Waals surface area contributed by atoms with Crippen LogP contribution in [0.4, 0.5) is 0 Å². The maximum atomic E-state index is 11.6. The summed E-state index contributed by atoms with van der Waals surface area (Å²) in [4.78, 5) is 24.6. The smallest absolute Gasteiger partial charge is 0.241 e. The largest absolute Gasteiger partial charge is 0.347 e. The van der Waals surface area contributed by atoms with Crippen LogP contribution in [0.1, 0.15) is 26.7 Å². The van der Waals surface area contributed by atoms with E-state index in [9.17, 15) is 9.59 Å². The molecule has 0 bridgehead atoms. The van der Waals surface area contributed by atoms with Crippen molar-refractivity contribution in [3.8, 4) is 0 Å². The molecular weight excluding hydrogens is 218 g/mol. The number of amides is 2. The molecular formula is C12H25N3O2. The molecule has 0 aliphatic rings. The van der Waals surface area contributed by atoms with Crippen LogP contribution < -0.4 is 10.6 Å². The van der Waals surface area contributed by atoms with Crippen LogP contribution in [-0.2, 0) is 9.59 Å². The Labute approximate surface area is 104 Å². The van der Waals surface area contributed by atoms with Crippen LogP contribution in [0.25, 0.3) is 0 Å². The molecule has 0 spiro atoms. The summed E-state index contributed by atoms with van der Waals surface area (Å²) < 4.78 is 0. The Morgan fingerprint density at radius 2 is 1.94 bits per heavy atom. The first kappa shape index (κ1) is 15.9. The van der Waals surface area contributed by atoms with Gasteiger partial charge < -0.3 is 15.5 Å². The maximum Gasteiger partial charge on any atom is 0.241 e. The van der Waals surface area contributed by atoms with Crippen molar-refractivity contribution in [1.82, 2.24) is 15.5 Å². The fraction of sp³-hybridized carbons (Fsp3) is 0.833. The molecule has 0 aromatic carbocycles. The normalized spacial score (nSPS) is 10.4. The SMILES string of the molecule is CNCCN(C)C(=O)CNC(=O)CCC(C)C. The fourth-order valence-electron chi connectivity index (χ4n) is 1.22. The number of hydrogen-bond acceptors (Lipinski definition) is 3. The van der Waals surface area contributed by atoms with E-state index in [2.05, 4.69) is 24.5 Å². The Morgan fingerprint density at radius 1 is 1.29 bits per heavy atom. The highest BCUT2D eigenvalue weighted by Gasteiger charge is 2.10. The van der Waals surface area contributed by atoms with E-state index in [0.717, 1.165) is 13.0 Å². The molecule has 0 aliphatic carbocycles. The van der Waals surface area contributed by atoms with Crippen molar-refractivity contribution in [1.29, 1.82) is 0 Å². The van der Waals surface area contributed by atoms with Gasteiger partial charge in [-0.05, 0) is 19.4 Å². The third-order valence-electron chi connectivity index (χ3n) is 2.51. The van der Waals surface area contributed by atoms with E-state index in [0.29, 0.717) is 18.9 Å². The summed E-state index contributed by atoms with van der Waals surface area (Å²) in [6.07, 6.45) is 1.35. The Hall–Kier alpha value is -1.10. The van der Waals surface area contributed by atoms with Crippen LogP contribution in [-0.4, -0.2) is 50.4 Å². The Kier molecular flexibility index (Phi) is 8.40. The minimum atomic E-state index is -0.0573. The van der Waals surface area contributed by atoms with Crippen molar-refractivity contribution in [2.45, 2.75) is 26.7 Å². The second-order valence-corrected chi connectivity index (χ2v) is 4.63. The van der Waals surface area contributed by atoms with Crippen molar-refractivity contribution in [3.05, 3.63) is 0 Å². The highest BCUT2D eigenvalue weighted by Crippen LogP contribution is 2.02. The average Bonchev–Trinajstić information content (AvgIpc) is 2.30. The van der Waals surface area contributed by atoms with Gasteiger partial charge in [0.05, 0.1) is 6.54 Å². The second-order valence-electron chi connectivity index (χ2n) is 4.63. The van der Waals surface area contributed by atoms with E-state index in [1.165, 1.54) is 0 Å². The van der Waals surface area contributed by atoms with Gasteiger partial charge in [0.15, 0.2) is 0 Å². The lowest BCUT2D eigenvalue weighted by atomic mass is 10.1. The lowest BCUT2D eigenvalue weighted by molar-refractivity contribution is -0.131. The minimum Gasteiger partial charge on any atom is -0.347 e. The number of carbonyl (C=O) groups excluding carboxylic acids is 2. The standard InChI is InChI=1S/C12H25N3O2/c1-10(2)5-6-11(16)14-9-12(17)15(4)8-7-13-3/h10,13H,5-9H2,1-4H3,(H,14,16). The molecule has 0 atom stereocenters. The first-order chi connectivity index (χ1) is 7.97. The van der Waals surface area contributed by atoms with Gasteiger partial charge in [0.1, 0.15) is 0 Å². The first-order valence-electron chi connectivity index (χ1n) is 6.12. The van der Waals surface area contributed by atoms with Crippen LogP contribution in [0.2, 0.25) is 0 Å². The van der Waals surface area contributed by atoms with Crippen LogP contribution in [0, 0.1) is 5.92 Å². The molecule has 2 amide bonds.